The van der Waals surface area contributed by atoms with E-state index in [0.717, 1.165) is 10.8 Å². The number of hydrogen-bond donors (Lipinski definition) is 13. The van der Waals surface area contributed by atoms with E-state index >= 15 is 0 Å². The van der Waals surface area contributed by atoms with Gasteiger partial charge in [-0.1, -0.05) is 24.6 Å². The summed E-state index contributed by atoms with van der Waals surface area (Å²) < 4.78 is 68.9. The van der Waals surface area contributed by atoms with Gasteiger partial charge in [0.15, 0.2) is 31.5 Å². The third-order valence-corrected chi connectivity index (χ3v) is 17.8. The lowest BCUT2D eigenvalue weighted by Gasteiger charge is -2.51. The van der Waals surface area contributed by atoms with Crippen LogP contribution in [0.25, 0.3) is 0 Å². The smallest absolute Gasteiger partial charge is 0.221 e. The molecule has 0 saturated carbocycles. The first-order valence-corrected chi connectivity index (χ1v) is 31.8. The molecule has 0 aromatic carbocycles. The van der Waals surface area contributed by atoms with E-state index in [1.54, 1.807) is 13.8 Å². The monoisotopic (exact) mass is 1250 g/mol. The Balaban J connectivity index is 1.46. The quantitative estimate of drug-likeness (QED) is 0.0199. The van der Waals surface area contributed by atoms with E-state index < -0.39 is 191 Å². The highest BCUT2D eigenvalue weighted by molar-refractivity contribution is 8.68. The van der Waals surface area contributed by atoms with Crippen molar-refractivity contribution in [3.8, 4) is 0 Å². The van der Waals surface area contributed by atoms with E-state index in [2.05, 4.69) is 87.5 Å². The zero-order chi connectivity index (χ0) is 62.4. The molecule has 0 radical (unpaired) electrons. The molecule has 0 bridgehead atoms. The van der Waals surface area contributed by atoms with E-state index in [1.807, 2.05) is 0 Å². The molecule has 29 heteroatoms. The molecule has 2 amide bonds. The summed E-state index contributed by atoms with van der Waals surface area (Å²) in [4.78, 5) is 31.0. The van der Waals surface area contributed by atoms with Gasteiger partial charge < -0.3 is 114 Å². The Morgan fingerprint density at radius 3 is 1.51 bits per heavy atom. The number of amides is 2. The second-order valence-electron chi connectivity index (χ2n) is 24.0. The maximum atomic E-state index is 13.6. The van der Waals surface area contributed by atoms with Gasteiger partial charge in [0.2, 0.25) is 11.8 Å². The van der Waals surface area contributed by atoms with E-state index in [1.165, 1.54) is 14.0 Å². The minimum atomic E-state index is -1.77. The average Bonchev–Trinajstić information content (AvgIpc) is 2.22. The molecule has 5 aliphatic rings. The largest absolute Gasteiger partial charge is 0.394 e. The molecule has 492 valence electrons. The molecule has 0 spiro atoms. The first kappa shape index (κ1) is 73.5. The van der Waals surface area contributed by atoms with Crippen LogP contribution in [0, 0.1) is 17.8 Å². The number of methoxy groups -OCH3 is 1. The van der Waals surface area contributed by atoms with Crippen LogP contribution in [0.15, 0.2) is 0 Å². The van der Waals surface area contributed by atoms with Crippen molar-refractivity contribution in [1.82, 2.24) is 20.4 Å². The molecule has 0 aliphatic carbocycles. The Hall–Kier alpha value is -1.28. The summed E-state index contributed by atoms with van der Waals surface area (Å²) in [6.07, 6.45) is -25.9. The van der Waals surface area contributed by atoms with Gasteiger partial charge in [0.05, 0.1) is 64.0 Å². The van der Waals surface area contributed by atoms with Gasteiger partial charge in [-0.05, 0) is 74.8 Å². The topological polar surface area (TPSA) is 374 Å². The maximum Gasteiger partial charge on any atom is 0.221 e. The highest BCUT2D eigenvalue weighted by Gasteiger charge is 2.57. The standard InChI is InChI=1S/C55H103N5O22S2/c1-25(2)59(26(3)4)16-13-14-32-43(68)47(81-54-40(57-31(11)65)45(70)48(35(22-63)76-54)79-51-30(10)42(67)29(9)33(20-61)74-51)34(21-62)75-52(32)80-49-36(23-64)77-55(41(46(49)71)58-38(66)15-19-84-83)82-50-37(78-53(72-12)39(56)44(50)69)24-73-18-17-60(27(5)6)28(7)8/h25-30,32-37,39-55,61-64,67-71,83H,13-24,56H2,1-12H3,(H,57,65)(H,58,66)/t29-,30?,32?,33?,34?,35?,36?,37?,39?,40?,41?,42+,43-,44-,45-,46-,47-,48+,49-,50-,51+,52+,53-,54+,55+/m1/s1. The van der Waals surface area contributed by atoms with Gasteiger partial charge in [-0.25, -0.2) is 0 Å². The highest BCUT2D eigenvalue weighted by Crippen LogP contribution is 2.40. The number of carbonyl (C=O) groups excluding carboxylic acids is 2. The fourth-order valence-electron chi connectivity index (χ4n) is 12.2. The molecular formula is C55H103N5O22S2. The number of nitrogens with zero attached hydrogens (tertiary/aromatic N) is 2. The fourth-order valence-corrected chi connectivity index (χ4v) is 12.7. The molecule has 25 atom stereocenters. The fraction of sp³-hybridized carbons (Fsp3) is 0.964. The van der Waals surface area contributed by atoms with Gasteiger partial charge in [0, 0.05) is 74.7 Å². The Labute approximate surface area is 504 Å². The number of rotatable bonds is 31. The highest BCUT2D eigenvalue weighted by atomic mass is 33.1. The third kappa shape index (κ3) is 18.7. The van der Waals surface area contributed by atoms with Crippen molar-refractivity contribution in [2.24, 2.45) is 23.5 Å². The van der Waals surface area contributed by atoms with Gasteiger partial charge in [-0.2, -0.15) is 0 Å². The molecule has 5 fully saturated rings. The minimum absolute atomic E-state index is 0.0574. The van der Waals surface area contributed by atoms with Crippen molar-refractivity contribution in [2.75, 3.05) is 65.6 Å². The number of nitrogens with one attached hydrogen (secondary N) is 2. The molecule has 10 unspecified atom stereocenters. The Morgan fingerprint density at radius 1 is 0.583 bits per heavy atom. The molecule has 5 rings (SSSR count). The Kier molecular flexibility index (Phi) is 30.4. The van der Waals surface area contributed by atoms with Crippen LogP contribution < -0.4 is 16.4 Å². The van der Waals surface area contributed by atoms with Gasteiger partial charge in [0.25, 0.3) is 0 Å². The first-order chi connectivity index (χ1) is 39.8. The van der Waals surface area contributed by atoms with Gasteiger partial charge in [-0.15, -0.1) is 11.7 Å². The lowest BCUT2D eigenvalue weighted by Crippen LogP contribution is -2.70. The van der Waals surface area contributed by atoms with Crippen molar-refractivity contribution >= 4 is 34.3 Å². The van der Waals surface area contributed by atoms with Crippen LogP contribution in [-0.2, 0) is 61.7 Å². The van der Waals surface area contributed by atoms with Crippen LogP contribution in [0.1, 0.15) is 95.4 Å². The van der Waals surface area contributed by atoms with Crippen LogP contribution in [0.2, 0.25) is 0 Å². The number of nitrogens with two attached hydrogens (primary N) is 1. The Bertz CT molecular complexity index is 1920. The SMILES string of the molecule is CO[C@@H]1OC(COCCN(C(C)C)C(C)C)[C@@H](O[C@@H]2OC(CO)[C@@H](O[C@@H]3OC(CO)[C@@H](O[C@@H]4OC(CO)[C@H](O[C@@H]5OC(CO)[C@@H](C)[C@H](O)C5C)[C@H](O)C4NC(C)=O)[C@H](O)C3CCCN(C(C)C)C(C)C)[C@H](O)C2NC(=O)CCSS)[C@H](O)C1N. The molecule has 5 heterocycles. The van der Waals surface area contributed by atoms with E-state index in [0.29, 0.717) is 19.5 Å². The van der Waals surface area contributed by atoms with Crippen LogP contribution in [-0.4, -0.2) is 292 Å². The molecule has 0 aromatic heterocycles. The molecule has 13 N–H and O–H groups in total. The van der Waals surface area contributed by atoms with Crippen molar-refractivity contribution in [3.05, 3.63) is 0 Å². The molecule has 84 heavy (non-hydrogen) atoms. The van der Waals surface area contributed by atoms with Crippen LogP contribution in [0.4, 0.5) is 0 Å². The summed E-state index contributed by atoms with van der Waals surface area (Å²) in [5.41, 5.74) is 6.43. The van der Waals surface area contributed by atoms with Gasteiger partial charge in [0.1, 0.15) is 79.2 Å². The van der Waals surface area contributed by atoms with Crippen molar-refractivity contribution in [3.63, 3.8) is 0 Å². The lowest BCUT2D eigenvalue weighted by molar-refractivity contribution is -0.374. The van der Waals surface area contributed by atoms with E-state index in [-0.39, 0.29) is 56.0 Å². The summed E-state index contributed by atoms with van der Waals surface area (Å²) >= 11 is 4.18. The van der Waals surface area contributed by atoms with Crippen LogP contribution in [0.3, 0.4) is 0 Å². The summed E-state index contributed by atoms with van der Waals surface area (Å²) in [5, 5.41) is 108. The lowest BCUT2D eigenvalue weighted by atomic mass is 9.85. The summed E-state index contributed by atoms with van der Waals surface area (Å²) in [6.45, 7) is 19.6. The van der Waals surface area contributed by atoms with Crippen molar-refractivity contribution in [1.29, 1.82) is 0 Å². The minimum Gasteiger partial charge on any atom is -0.394 e. The molecule has 5 saturated heterocycles. The predicted molar refractivity (Wildman–Crippen MR) is 308 cm³/mol. The van der Waals surface area contributed by atoms with Gasteiger partial charge >= 0.3 is 0 Å². The predicted octanol–water partition coefficient (Wildman–Crippen LogP) is -2.22. The van der Waals surface area contributed by atoms with Crippen molar-refractivity contribution < 1.29 is 108 Å². The summed E-state index contributed by atoms with van der Waals surface area (Å²) in [7, 11) is 2.49. The Morgan fingerprint density at radius 2 is 1.02 bits per heavy atom. The molecular weight excluding hydrogens is 1150 g/mol. The number of ether oxygens (including phenoxy) is 11. The normalized spacial score (nSPS) is 39.7. The summed E-state index contributed by atoms with van der Waals surface area (Å²) in [5.74, 6) is -3.10. The zero-order valence-corrected chi connectivity index (χ0v) is 52.6. The third-order valence-electron chi connectivity index (χ3n) is 16.9. The van der Waals surface area contributed by atoms with E-state index in [9.17, 15) is 55.5 Å². The maximum absolute atomic E-state index is 13.6. The number of hydrogen-bond acceptors (Lipinski definition) is 27. The summed E-state index contributed by atoms with van der Waals surface area (Å²) in [6, 6.07) is -3.33. The first-order valence-electron chi connectivity index (χ1n) is 29.7. The van der Waals surface area contributed by atoms with Crippen LogP contribution >= 0.6 is 22.5 Å². The number of aliphatic hydroxyl groups is 9. The number of thiol groups is 1. The molecule has 27 nitrogen and oxygen atoms in total. The van der Waals surface area contributed by atoms with E-state index in [4.69, 9.17) is 57.8 Å². The van der Waals surface area contributed by atoms with Crippen molar-refractivity contribution in [2.45, 2.75) is 255 Å². The van der Waals surface area contributed by atoms with Gasteiger partial charge in [-0.3, -0.25) is 19.4 Å². The molecule has 0 aromatic rings. The second-order valence-corrected chi connectivity index (χ2v) is 25.4. The number of aliphatic hydroxyl groups excluding tert-OH is 9. The number of carbonyl (C=O) groups is 2. The molecule has 5 aliphatic heterocycles. The average molecular weight is 1250 g/mol. The zero-order valence-electron chi connectivity index (χ0n) is 50.9. The van der Waals surface area contributed by atoms with Crippen LogP contribution in [0.5, 0.6) is 0 Å². The second kappa shape index (κ2) is 34.8.